The molecule has 3 aromatic rings. The fourth-order valence-corrected chi connectivity index (χ4v) is 2.23. The van der Waals surface area contributed by atoms with Crippen molar-refractivity contribution in [2.24, 2.45) is 4.99 Å². The summed E-state index contributed by atoms with van der Waals surface area (Å²) in [5, 5.41) is 17.7. The zero-order valence-electron chi connectivity index (χ0n) is 14.8. The van der Waals surface area contributed by atoms with Gasteiger partial charge in [-0.3, -0.25) is 9.79 Å². The van der Waals surface area contributed by atoms with Gasteiger partial charge in [-0.1, -0.05) is 12.1 Å². The van der Waals surface area contributed by atoms with E-state index < -0.39 is 5.82 Å². The SMILES string of the molecule is CNC(=O)C=Nc1cccc(Nc2nc(Nc3cccc(O)c3)ncc2F)c1. The van der Waals surface area contributed by atoms with Gasteiger partial charge < -0.3 is 21.1 Å². The highest BCUT2D eigenvalue weighted by Gasteiger charge is 2.08. The van der Waals surface area contributed by atoms with Crippen LogP contribution in [0.15, 0.2) is 59.7 Å². The van der Waals surface area contributed by atoms with Crippen LogP contribution in [0.25, 0.3) is 0 Å². The quantitative estimate of drug-likeness (QED) is 0.489. The molecule has 0 saturated heterocycles. The molecule has 3 rings (SSSR count). The zero-order chi connectivity index (χ0) is 19.9. The molecule has 0 aliphatic heterocycles. The molecule has 0 bridgehead atoms. The summed E-state index contributed by atoms with van der Waals surface area (Å²) >= 11 is 0. The highest BCUT2D eigenvalue weighted by molar-refractivity contribution is 6.26. The van der Waals surface area contributed by atoms with Crippen LogP contribution in [-0.4, -0.2) is 34.2 Å². The lowest BCUT2D eigenvalue weighted by Crippen LogP contribution is -2.18. The third kappa shape index (κ3) is 5.01. The molecule has 2 aromatic carbocycles. The highest BCUT2D eigenvalue weighted by atomic mass is 19.1. The third-order valence-electron chi connectivity index (χ3n) is 3.53. The molecule has 9 heteroatoms. The third-order valence-corrected chi connectivity index (χ3v) is 3.53. The van der Waals surface area contributed by atoms with Gasteiger partial charge >= 0.3 is 0 Å². The lowest BCUT2D eigenvalue weighted by molar-refractivity contribution is -0.113. The second-order valence-corrected chi connectivity index (χ2v) is 5.61. The number of hydrogen-bond donors (Lipinski definition) is 4. The van der Waals surface area contributed by atoms with Gasteiger partial charge in [0.1, 0.15) is 5.75 Å². The first-order valence-electron chi connectivity index (χ1n) is 8.25. The van der Waals surface area contributed by atoms with Gasteiger partial charge in [-0.05, 0) is 30.3 Å². The number of phenols is 1. The van der Waals surface area contributed by atoms with Crippen LogP contribution < -0.4 is 16.0 Å². The molecule has 0 unspecified atom stereocenters. The Hall–Kier alpha value is -4.01. The van der Waals surface area contributed by atoms with Gasteiger partial charge in [0.15, 0.2) is 11.6 Å². The average Bonchev–Trinajstić information content (AvgIpc) is 2.69. The van der Waals surface area contributed by atoms with E-state index in [-0.39, 0.29) is 23.4 Å². The Labute approximate surface area is 160 Å². The van der Waals surface area contributed by atoms with Crippen LogP contribution >= 0.6 is 0 Å². The number of aromatic hydroxyl groups is 1. The van der Waals surface area contributed by atoms with E-state index in [1.165, 1.54) is 19.2 Å². The van der Waals surface area contributed by atoms with Crippen LogP contribution in [0, 0.1) is 5.82 Å². The van der Waals surface area contributed by atoms with Gasteiger partial charge in [-0.25, -0.2) is 9.37 Å². The lowest BCUT2D eigenvalue weighted by atomic mass is 10.3. The van der Waals surface area contributed by atoms with Crippen molar-refractivity contribution in [3.05, 3.63) is 60.5 Å². The topological polar surface area (TPSA) is 112 Å². The molecule has 0 radical (unpaired) electrons. The molecule has 142 valence electrons. The van der Waals surface area contributed by atoms with Crippen molar-refractivity contribution in [1.82, 2.24) is 15.3 Å². The predicted molar refractivity (Wildman–Crippen MR) is 105 cm³/mol. The summed E-state index contributed by atoms with van der Waals surface area (Å²) in [6.45, 7) is 0. The number of benzene rings is 2. The molecule has 1 amide bonds. The van der Waals surface area contributed by atoms with Gasteiger partial charge in [0.25, 0.3) is 5.91 Å². The molecule has 1 heterocycles. The number of amides is 1. The fourth-order valence-electron chi connectivity index (χ4n) is 2.23. The summed E-state index contributed by atoms with van der Waals surface area (Å²) in [7, 11) is 1.51. The van der Waals surface area contributed by atoms with Gasteiger partial charge in [0.2, 0.25) is 5.95 Å². The van der Waals surface area contributed by atoms with Crippen molar-refractivity contribution in [2.75, 3.05) is 17.7 Å². The maximum absolute atomic E-state index is 14.1. The number of nitrogens with one attached hydrogen (secondary N) is 3. The highest BCUT2D eigenvalue weighted by Crippen LogP contribution is 2.24. The van der Waals surface area contributed by atoms with Crippen molar-refractivity contribution < 1.29 is 14.3 Å². The molecule has 8 nitrogen and oxygen atoms in total. The van der Waals surface area contributed by atoms with Crippen LogP contribution in [-0.2, 0) is 4.79 Å². The summed E-state index contributed by atoms with van der Waals surface area (Å²) < 4.78 is 14.1. The first-order chi connectivity index (χ1) is 13.5. The normalized spacial score (nSPS) is 10.6. The minimum Gasteiger partial charge on any atom is -0.508 e. The van der Waals surface area contributed by atoms with Gasteiger partial charge in [-0.15, -0.1) is 0 Å². The van der Waals surface area contributed by atoms with Crippen LogP contribution in [0.1, 0.15) is 0 Å². The molecule has 4 N–H and O–H groups in total. The maximum atomic E-state index is 14.1. The standard InChI is InChI=1S/C19H17FN6O2/c1-21-17(28)11-22-12-4-2-5-13(8-12)24-18-16(20)10-23-19(26-18)25-14-6-3-7-15(27)9-14/h2-11,27H,1H3,(H,21,28)(H2,23,24,25,26). The smallest absolute Gasteiger partial charge is 0.262 e. The van der Waals surface area contributed by atoms with Crippen molar-refractivity contribution in [3.8, 4) is 5.75 Å². The first kappa shape index (κ1) is 18.8. The number of hydrogen-bond acceptors (Lipinski definition) is 7. The zero-order valence-corrected chi connectivity index (χ0v) is 14.8. The molecule has 28 heavy (non-hydrogen) atoms. The molecular weight excluding hydrogens is 363 g/mol. The van der Waals surface area contributed by atoms with Gasteiger partial charge in [-0.2, -0.15) is 4.98 Å². The van der Waals surface area contributed by atoms with Gasteiger partial charge in [0, 0.05) is 24.5 Å². The van der Waals surface area contributed by atoms with E-state index >= 15 is 0 Å². The summed E-state index contributed by atoms with van der Waals surface area (Å²) in [5.74, 6) is -0.767. The predicted octanol–water partition coefficient (Wildman–Crippen LogP) is 3.26. The van der Waals surface area contributed by atoms with Crippen molar-refractivity contribution in [2.45, 2.75) is 0 Å². The molecule has 0 spiro atoms. The number of halogens is 1. The van der Waals surface area contributed by atoms with E-state index in [9.17, 15) is 14.3 Å². The van der Waals surface area contributed by atoms with E-state index in [0.717, 1.165) is 12.4 Å². The molecule has 0 fully saturated rings. The van der Waals surface area contributed by atoms with Gasteiger partial charge in [0.05, 0.1) is 18.1 Å². The van der Waals surface area contributed by atoms with E-state index in [2.05, 4.69) is 30.9 Å². The summed E-state index contributed by atoms with van der Waals surface area (Å²) in [6.07, 6.45) is 2.19. The molecule has 0 atom stereocenters. The Kier molecular flexibility index (Phi) is 5.75. The molecule has 0 aliphatic rings. The lowest BCUT2D eigenvalue weighted by Gasteiger charge is -2.10. The summed E-state index contributed by atoms with van der Waals surface area (Å²) in [5.41, 5.74) is 1.61. The van der Waals surface area contributed by atoms with Crippen LogP contribution in [0.5, 0.6) is 5.75 Å². The van der Waals surface area contributed by atoms with E-state index in [4.69, 9.17) is 0 Å². The Morgan fingerprint density at radius 3 is 2.64 bits per heavy atom. The molecular formula is C19H17FN6O2. The number of aromatic nitrogens is 2. The Morgan fingerprint density at radius 2 is 1.89 bits per heavy atom. The van der Waals surface area contributed by atoms with Crippen molar-refractivity contribution in [1.29, 1.82) is 0 Å². The van der Waals surface area contributed by atoms with Crippen molar-refractivity contribution >= 4 is 41.0 Å². The van der Waals surface area contributed by atoms with Crippen LogP contribution in [0.3, 0.4) is 0 Å². The maximum Gasteiger partial charge on any atom is 0.262 e. The monoisotopic (exact) mass is 380 g/mol. The number of phenolic OH excluding ortho intramolecular Hbond substituents is 1. The average molecular weight is 380 g/mol. The number of rotatable bonds is 6. The van der Waals surface area contributed by atoms with E-state index in [1.807, 2.05) is 0 Å². The summed E-state index contributed by atoms with van der Waals surface area (Å²) in [6, 6.07) is 13.2. The number of anilines is 4. The first-order valence-corrected chi connectivity index (χ1v) is 8.25. The second-order valence-electron chi connectivity index (χ2n) is 5.61. The number of aliphatic imine (C=N–C) groups is 1. The van der Waals surface area contributed by atoms with E-state index in [1.54, 1.807) is 36.4 Å². The van der Waals surface area contributed by atoms with Crippen LogP contribution in [0.2, 0.25) is 0 Å². The molecule has 0 aliphatic carbocycles. The summed E-state index contributed by atoms with van der Waals surface area (Å²) in [4.78, 5) is 23.3. The van der Waals surface area contributed by atoms with Crippen molar-refractivity contribution in [3.63, 3.8) is 0 Å². The molecule has 0 saturated carbocycles. The number of carbonyl (C=O) groups is 1. The largest absolute Gasteiger partial charge is 0.508 e. The Bertz CT molecular complexity index is 1020. The number of carbonyl (C=O) groups excluding carboxylic acids is 1. The van der Waals surface area contributed by atoms with Crippen LogP contribution in [0.4, 0.5) is 33.2 Å². The number of nitrogens with zero attached hydrogens (tertiary/aromatic N) is 3. The molecule has 1 aromatic heterocycles. The minimum atomic E-state index is -0.638. The Morgan fingerprint density at radius 1 is 1.14 bits per heavy atom. The minimum absolute atomic E-state index is 0.0370. The fraction of sp³-hybridized carbons (Fsp3) is 0.0526. The second kappa shape index (κ2) is 8.58. The van der Waals surface area contributed by atoms with E-state index in [0.29, 0.717) is 17.1 Å². The Balaban J connectivity index is 1.79.